The number of carbonyl (C=O) groups excluding carboxylic acids is 1. The molecule has 1 aliphatic rings. The van der Waals surface area contributed by atoms with Gasteiger partial charge in [0.2, 0.25) is 5.91 Å². The van der Waals surface area contributed by atoms with Gasteiger partial charge in [-0.05, 0) is 44.5 Å². The molecule has 0 aliphatic carbocycles. The minimum Gasteiger partial charge on any atom is -0.326 e. The lowest BCUT2D eigenvalue weighted by Gasteiger charge is -2.27. The Bertz CT molecular complexity index is 478. The van der Waals surface area contributed by atoms with Crippen LogP contribution < -0.4 is 10.6 Å². The summed E-state index contributed by atoms with van der Waals surface area (Å²) >= 11 is 0. The number of amides is 1. The van der Waals surface area contributed by atoms with Crippen LogP contribution >= 0.6 is 0 Å². The highest BCUT2D eigenvalue weighted by atomic mass is 16.1. The molecular formula is C14H17N3O. The number of anilines is 1. The third-order valence-electron chi connectivity index (χ3n) is 3.25. The molecule has 0 bridgehead atoms. The van der Waals surface area contributed by atoms with Crippen molar-refractivity contribution in [1.29, 1.82) is 5.26 Å². The molecule has 2 atom stereocenters. The average molecular weight is 243 g/mol. The average Bonchev–Trinajstić information content (AvgIpc) is 2.39. The third kappa shape index (κ3) is 3.08. The van der Waals surface area contributed by atoms with Crippen LogP contribution in [0.15, 0.2) is 24.3 Å². The topological polar surface area (TPSA) is 64.9 Å². The SMILES string of the molecule is CC1CC(C(=O)Nc2cccc(C#N)c2)CCN1. The van der Waals surface area contributed by atoms with Crippen molar-refractivity contribution in [2.24, 2.45) is 5.92 Å². The predicted octanol–water partition coefficient (Wildman–Crippen LogP) is 1.88. The highest BCUT2D eigenvalue weighted by Crippen LogP contribution is 2.19. The van der Waals surface area contributed by atoms with Crippen molar-refractivity contribution in [3.8, 4) is 6.07 Å². The molecule has 1 fully saturated rings. The van der Waals surface area contributed by atoms with E-state index in [1.807, 2.05) is 6.07 Å². The normalized spacial score (nSPS) is 23.1. The zero-order valence-electron chi connectivity index (χ0n) is 10.4. The molecule has 1 heterocycles. The number of hydrogen-bond acceptors (Lipinski definition) is 3. The van der Waals surface area contributed by atoms with Crippen LogP contribution in [0.4, 0.5) is 5.69 Å². The number of hydrogen-bond donors (Lipinski definition) is 2. The van der Waals surface area contributed by atoms with Crippen LogP contribution in [-0.2, 0) is 4.79 Å². The number of carbonyl (C=O) groups is 1. The fraction of sp³-hybridized carbons (Fsp3) is 0.429. The lowest BCUT2D eigenvalue weighted by atomic mass is 9.92. The highest BCUT2D eigenvalue weighted by Gasteiger charge is 2.24. The van der Waals surface area contributed by atoms with Crippen LogP contribution in [0.2, 0.25) is 0 Å². The first-order valence-corrected chi connectivity index (χ1v) is 6.23. The molecule has 0 spiro atoms. The molecule has 1 saturated heterocycles. The lowest BCUT2D eigenvalue weighted by molar-refractivity contribution is -0.120. The van der Waals surface area contributed by atoms with Gasteiger partial charge in [0, 0.05) is 17.6 Å². The van der Waals surface area contributed by atoms with Gasteiger partial charge in [0.15, 0.2) is 0 Å². The summed E-state index contributed by atoms with van der Waals surface area (Å²) in [5.41, 5.74) is 1.26. The van der Waals surface area contributed by atoms with E-state index in [1.54, 1.807) is 18.2 Å². The molecule has 1 aromatic carbocycles. The van der Waals surface area contributed by atoms with Crippen molar-refractivity contribution in [3.63, 3.8) is 0 Å². The van der Waals surface area contributed by atoms with Gasteiger partial charge in [-0.2, -0.15) is 5.26 Å². The largest absolute Gasteiger partial charge is 0.326 e. The Hall–Kier alpha value is -1.86. The smallest absolute Gasteiger partial charge is 0.227 e. The van der Waals surface area contributed by atoms with E-state index in [0.717, 1.165) is 19.4 Å². The molecule has 94 valence electrons. The summed E-state index contributed by atoms with van der Waals surface area (Å²) in [6.07, 6.45) is 1.73. The van der Waals surface area contributed by atoms with Gasteiger partial charge in [-0.3, -0.25) is 4.79 Å². The van der Waals surface area contributed by atoms with Gasteiger partial charge in [-0.15, -0.1) is 0 Å². The first-order valence-electron chi connectivity index (χ1n) is 6.23. The Kier molecular flexibility index (Phi) is 3.96. The van der Waals surface area contributed by atoms with E-state index in [2.05, 4.69) is 23.6 Å². The molecule has 0 radical (unpaired) electrons. The first-order chi connectivity index (χ1) is 8.69. The summed E-state index contributed by atoms with van der Waals surface area (Å²) < 4.78 is 0. The summed E-state index contributed by atoms with van der Waals surface area (Å²) in [6, 6.07) is 9.46. The zero-order chi connectivity index (χ0) is 13.0. The van der Waals surface area contributed by atoms with Crippen LogP contribution in [0.3, 0.4) is 0 Å². The first kappa shape index (κ1) is 12.6. The lowest BCUT2D eigenvalue weighted by Crippen LogP contribution is -2.40. The minimum absolute atomic E-state index is 0.0541. The van der Waals surface area contributed by atoms with E-state index in [1.165, 1.54) is 0 Å². The molecule has 2 rings (SSSR count). The predicted molar refractivity (Wildman–Crippen MR) is 70.0 cm³/mol. The molecule has 0 saturated carbocycles. The second kappa shape index (κ2) is 5.65. The van der Waals surface area contributed by atoms with Gasteiger partial charge < -0.3 is 10.6 Å². The standard InChI is InChI=1S/C14H17N3O/c1-10-7-12(5-6-16-10)14(18)17-13-4-2-3-11(8-13)9-15/h2-4,8,10,12,16H,5-7H2,1H3,(H,17,18). The maximum absolute atomic E-state index is 12.1. The van der Waals surface area contributed by atoms with E-state index in [-0.39, 0.29) is 11.8 Å². The second-order valence-corrected chi connectivity index (χ2v) is 4.76. The molecular weight excluding hydrogens is 226 g/mol. The number of piperidine rings is 1. The van der Waals surface area contributed by atoms with Gasteiger partial charge in [0.1, 0.15) is 0 Å². The quantitative estimate of drug-likeness (QED) is 0.833. The second-order valence-electron chi connectivity index (χ2n) is 4.76. The summed E-state index contributed by atoms with van der Waals surface area (Å²) in [7, 11) is 0. The Morgan fingerprint density at radius 2 is 2.39 bits per heavy atom. The molecule has 1 amide bonds. The van der Waals surface area contributed by atoms with Crippen molar-refractivity contribution in [1.82, 2.24) is 5.32 Å². The number of nitriles is 1. The van der Waals surface area contributed by atoms with Gasteiger partial charge in [0.25, 0.3) is 0 Å². The summed E-state index contributed by atoms with van der Waals surface area (Å²) in [4.78, 5) is 12.1. The van der Waals surface area contributed by atoms with Gasteiger partial charge >= 0.3 is 0 Å². The van der Waals surface area contributed by atoms with Gasteiger partial charge in [-0.25, -0.2) is 0 Å². The van der Waals surface area contributed by atoms with Crippen LogP contribution in [0, 0.1) is 17.2 Å². The molecule has 2 N–H and O–H groups in total. The molecule has 4 heteroatoms. The van der Waals surface area contributed by atoms with Crippen molar-refractivity contribution >= 4 is 11.6 Å². The Labute approximate surface area is 107 Å². The van der Waals surface area contributed by atoms with Crippen LogP contribution in [0.25, 0.3) is 0 Å². The van der Waals surface area contributed by atoms with E-state index >= 15 is 0 Å². The summed E-state index contributed by atoms with van der Waals surface area (Å²) in [5, 5.41) is 15.0. The summed E-state index contributed by atoms with van der Waals surface area (Å²) in [5.74, 6) is 0.116. The molecule has 4 nitrogen and oxygen atoms in total. The Morgan fingerprint density at radius 1 is 1.56 bits per heavy atom. The highest BCUT2D eigenvalue weighted by molar-refractivity contribution is 5.92. The van der Waals surface area contributed by atoms with Crippen molar-refractivity contribution in [3.05, 3.63) is 29.8 Å². The zero-order valence-corrected chi connectivity index (χ0v) is 10.4. The van der Waals surface area contributed by atoms with Gasteiger partial charge in [-0.1, -0.05) is 6.07 Å². The fourth-order valence-corrected chi connectivity index (χ4v) is 2.28. The maximum atomic E-state index is 12.1. The fourth-order valence-electron chi connectivity index (χ4n) is 2.28. The molecule has 18 heavy (non-hydrogen) atoms. The third-order valence-corrected chi connectivity index (χ3v) is 3.25. The monoisotopic (exact) mass is 243 g/mol. The Balaban J connectivity index is 2.00. The van der Waals surface area contributed by atoms with Gasteiger partial charge in [0.05, 0.1) is 11.6 Å². The molecule has 2 unspecified atom stereocenters. The number of nitrogens with zero attached hydrogens (tertiary/aromatic N) is 1. The Morgan fingerprint density at radius 3 is 3.11 bits per heavy atom. The minimum atomic E-state index is 0.0541. The van der Waals surface area contributed by atoms with E-state index < -0.39 is 0 Å². The molecule has 1 aliphatic heterocycles. The van der Waals surface area contributed by atoms with Crippen LogP contribution in [0.5, 0.6) is 0 Å². The van der Waals surface area contributed by atoms with E-state index in [0.29, 0.717) is 17.3 Å². The van der Waals surface area contributed by atoms with E-state index in [9.17, 15) is 4.79 Å². The van der Waals surface area contributed by atoms with Crippen LogP contribution in [-0.4, -0.2) is 18.5 Å². The maximum Gasteiger partial charge on any atom is 0.227 e. The number of nitrogens with one attached hydrogen (secondary N) is 2. The van der Waals surface area contributed by atoms with Crippen LogP contribution in [0.1, 0.15) is 25.3 Å². The number of benzene rings is 1. The van der Waals surface area contributed by atoms with Crippen molar-refractivity contribution < 1.29 is 4.79 Å². The van der Waals surface area contributed by atoms with E-state index in [4.69, 9.17) is 5.26 Å². The molecule has 1 aromatic rings. The van der Waals surface area contributed by atoms with Crippen molar-refractivity contribution in [2.45, 2.75) is 25.8 Å². The summed E-state index contributed by atoms with van der Waals surface area (Å²) in [6.45, 7) is 2.98. The molecule has 0 aromatic heterocycles. The number of rotatable bonds is 2. The van der Waals surface area contributed by atoms with Crippen molar-refractivity contribution in [2.75, 3.05) is 11.9 Å².